The SMILES string of the molecule is CCC(C)N(CC)CC(=O)c1ccc(C)s1. The van der Waals surface area contributed by atoms with E-state index >= 15 is 0 Å². The highest BCUT2D eigenvalue weighted by Gasteiger charge is 2.16. The van der Waals surface area contributed by atoms with Gasteiger partial charge in [-0.1, -0.05) is 13.8 Å². The standard InChI is InChI=1S/C13H21NOS/c1-5-10(3)14(6-2)9-12(15)13-8-7-11(4)16-13/h7-8,10H,5-6,9H2,1-4H3. The second-order valence-electron chi connectivity index (χ2n) is 4.15. The lowest BCUT2D eigenvalue weighted by atomic mass is 10.2. The molecule has 0 aromatic carbocycles. The summed E-state index contributed by atoms with van der Waals surface area (Å²) in [6.45, 7) is 9.97. The van der Waals surface area contributed by atoms with E-state index in [0.717, 1.165) is 17.8 Å². The van der Waals surface area contributed by atoms with Crippen molar-refractivity contribution in [2.45, 2.75) is 40.2 Å². The Kier molecular flexibility index (Phi) is 5.16. The molecule has 1 atom stereocenters. The van der Waals surface area contributed by atoms with Crippen LogP contribution in [0.15, 0.2) is 12.1 Å². The molecule has 1 heterocycles. The van der Waals surface area contributed by atoms with Gasteiger partial charge in [-0.3, -0.25) is 9.69 Å². The van der Waals surface area contributed by atoms with E-state index in [9.17, 15) is 4.79 Å². The number of hydrogen-bond acceptors (Lipinski definition) is 3. The lowest BCUT2D eigenvalue weighted by Crippen LogP contribution is -2.36. The molecule has 0 bridgehead atoms. The number of hydrogen-bond donors (Lipinski definition) is 0. The molecule has 0 N–H and O–H groups in total. The summed E-state index contributed by atoms with van der Waals surface area (Å²) in [5.41, 5.74) is 0. The quantitative estimate of drug-likeness (QED) is 0.709. The van der Waals surface area contributed by atoms with Gasteiger partial charge in [0.05, 0.1) is 11.4 Å². The molecule has 0 aliphatic rings. The molecule has 90 valence electrons. The molecule has 0 saturated carbocycles. The van der Waals surface area contributed by atoms with E-state index < -0.39 is 0 Å². The molecule has 0 fully saturated rings. The molecule has 0 saturated heterocycles. The van der Waals surface area contributed by atoms with Crippen LogP contribution in [0.2, 0.25) is 0 Å². The van der Waals surface area contributed by atoms with Crippen LogP contribution >= 0.6 is 11.3 Å². The third kappa shape index (κ3) is 3.42. The first-order chi connectivity index (χ1) is 7.58. The van der Waals surface area contributed by atoms with Crippen molar-refractivity contribution in [2.75, 3.05) is 13.1 Å². The highest BCUT2D eigenvalue weighted by atomic mass is 32.1. The van der Waals surface area contributed by atoms with Crippen molar-refractivity contribution in [3.8, 4) is 0 Å². The van der Waals surface area contributed by atoms with Crippen LogP contribution in [0.4, 0.5) is 0 Å². The summed E-state index contributed by atoms with van der Waals surface area (Å²) < 4.78 is 0. The van der Waals surface area contributed by atoms with E-state index in [1.807, 2.05) is 19.1 Å². The molecule has 0 spiro atoms. The number of carbonyl (C=O) groups is 1. The fourth-order valence-corrected chi connectivity index (χ4v) is 2.48. The Balaban J connectivity index is 2.62. The van der Waals surface area contributed by atoms with Gasteiger partial charge in [-0.2, -0.15) is 0 Å². The number of ketones is 1. The van der Waals surface area contributed by atoms with Crippen molar-refractivity contribution in [2.24, 2.45) is 0 Å². The van der Waals surface area contributed by atoms with Crippen molar-refractivity contribution in [3.63, 3.8) is 0 Å². The van der Waals surface area contributed by atoms with E-state index in [0.29, 0.717) is 12.6 Å². The van der Waals surface area contributed by atoms with Crippen LogP contribution in [-0.4, -0.2) is 29.8 Å². The summed E-state index contributed by atoms with van der Waals surface area (Å²) in [4.78, 5) is 16.3. The molecule has 0 radical (unpaired) electrons. The van der Waals surface area contributed by atoms with Gasteiger partial charge in [-0.15, -0.1) is 11.3 Å². The van der Waals surface area contributed by atoms with Crippen LogP contribution in [0, 0.1) is 6.92 Å². The van der Waals surface area contributed by atoms with Gasteiger partial charge in [-0.05, 0) is 38.9 Å². The molecule has 0 aliphatic carbocycles. The van der Waals surface area contributed by atoms with Crippen LogP contribution in [0.25, 0.3) is 0 Å². The summed E-state index contributed by atoms with van der Waals surface area (Å²) in [7, 11) is 0. The predicted octanol–water partition coefficient (Wildman–Crippen LogP) is 3.36. The zero-order valence-electron chi connectivity index (χ0n) is 10.6. The van der Waals surface area contributed by atoms with Crippen LogP contribution in [-0.2, 0) is 0 Å². The topological polar surface area (TPSA) is 20.3 Å². The first-order valence-electron chi connectivity index (χ1n) is 5.92. The Bertz CT molecular complexity index is 345. The maximum Gasteiger partial charge on any atom is 0.186 e. The van der Waals surface area contributed by atoms with E-state index in [-0.39, 0.29) is 5.78 Å². The van der Waals surface area contributed by atoms with Crippen molar-refractivity contribution < 1.29 is 4.79 Å². The van der Waals surface area contributed by atoms with Crippen LogP contribution in [0.1, 0.15) is 41.7 Å². The van der Waals surface area contributed by atoms with E-state index in [4.69, 9.17) is 0 Å². The first-order valence-corrected chi connectivity index (χ1v) is 6.73. The third-order valence-electron chi connectivity index (χ3n) is 2.98. The first kappa shape index (κ1) is 13.4. The van der Waals surface area contributed by atoms with Gasteiger partial charge in [0.2, 0.25) is 0 Å². The molecule has 1 aromatic rings. The summed E-state index contributed by atoms with van der Waals surface area (Å²) >= 11 is 1.59. The number of Topliss-reactive ketones (excluding diaryl/α,β-unsaturated/α-hetero) is 1. The van der Waals surface area contributed by atoms with Crippen LogP contribution < -0.4 is 0 Å². The van der Waals surface area contributed by atoms with E-state index in [2.05, 4.69) is 25.7 Å². The van der Waals surface area contributed by atoms with Crippen LogP contribution in [0.5, 0.6) is 0 Å². The number of aryl methyl sites for hydroxylation is 1. The molecular weight excluding hydrogens is 218 g/mol. The second kappa shape index (κ2) is 6.16. The smallest absolute Gasteiger partial charge is 0.186 e. The van der Waals surface area contributed by atoms with Crippen molar-refractivity contribution in [1.82, 2.24) is 4.90 Å². The molecule has 3 heteroatoms. The number of nitrogens with zero attached hydrogens (tertiary/aromatic N) is 1. The summed E-state index contributed by atoms with van der Waals surface area (Å²) in [5.74, 6) is 0.250. The molecule has 1 rings (SSSR count). The highest BCUT2D eigenvalue weighted by Crippen LogP contribution is 2.16. The fourth-order valence-electron chi connectivity index (χ4n) is 1.68. The van der Waals surface area contributed by atoms with Gasteiger partial charge >= 0.3 is 0 Å². The Hall–Kier alpha value is -0.670. The summed E-state index contributed by atoms with van der Waals surface area (Å²) in [6, 6.07) is 4.43. The maximum atomic E-state index is 12.0. The number of thiophene rings is 1. The Labute approximate surface area is 102 Å². The Morgan fingerprint density at radius 1 is 1.44 bits per heavy atom. The summed E-state index contributed by atoms with van der Waals surface area (Å²) in [6.07, 6.45) is 1.09. The lowest BCUT2D eigenvalue weighted by molar-refractivity contribution is 0.0906. The van der Waals surface area contributed by atoms with Gasteiger partial charge < -0.3 is 0 Å². The number of likely N-dealkylation sites (N-methyl/N-ethyl adjacent to an activating group) is 1. The molecule has 0 amide bonds. The summed E-state index contributed by atoms with van der Waals surface area (Å²) in [5, 5.41) is 0. The average Bonchev–Trinajstić information content (AvgIpc) is 2.71. The van der Waals surface area contributed by atoms with Crippen molar-refractivity contribution in [3.05, 3.63) is 21.9 Å². The van der Waals surface area contributed by atoms with Gasteiger partial charge in [-0.25, -0.2) is 0 Å². The van der Waals surface area contributed by atoms with Crippen molar-refractivity contribution >= 4 is 17.1 Å². The molecular formula is C13H21NOS. The minimum Gasteiger partial charge on any atom is -0.293 e. The second-order valence-corrected chi connectivity index (χ2v) is 5.44. The predicted molar refractivity (Wildman–Crippen MR) is 70.4 cm³/mol. The maximum absolute atomic E-state index is 12.0. The monoisotopic (exact) mass is 239 g/mol. The normalized spacial score (nSPS) is 13.1. The van der Waals surface area contributed by atoms with Crippen molar-refractivity contribution in [1.29, 1.82) is 0 Å². The Morgan fingerprint density at radius 3 is 2.56 bits per heavy atom. The van der Waals surface area contributed by atoms with Gasteiger partial charge in [0.25, 0.3) is 0 Å². The molecule has 2 nitrogen and oxygen atoms in total. The van der Waals surface area contributed by atoms with Crippen LogP contribution in [0.3, 0.4) is 0 Å². The minimum absolute atomic E-state index is 0.250. The van der Waals surface area contributed by atoms with E-state index in [1.54, 1.807) is 11.3 Å². The highest BCUT2D eigenvalue weighted by molar-refractivity contribution is 7.14. The zero-order chi connectivity index (χ0) is 12.1. The largest absolute Gasteiger partial charge is 0.293 e. The fraction of sp³-hybridized carbons (Fsp3) is 0.615. The lowest BCUT2D eigenvalue weighted by Gasteiger charge is -2.25. The molecule has 1 unspecified atom stereocenters. The zero-order valence-corrected chi connectivity index (χ0v) is 11.4. The molecule has 16 heavy (non-hydrogen) atoms. The van der Waals surface area contributed by atoms with Gasteiger partial charge in [0, 0.05) is 10.9 Å². The minimum atomic E-state index is 0.250. The number of carbonyl (C=O) groups excluding carboxylic acids is 1. The van der Waals surface area contributed by atoms with Gasteiger partial charge in [0.15, 0.2) is 5.78 Å². The number of rotatable bonds is 6. The molecule has 1 aromatic heterocycles. The third-order valence-corrected chi connectivity index (χ3v) is 4.02. The molecule has 0 aliphatic heterocycles. The average molecular weight is 239 g/mol. The van der Waals surface area contributed by atoms with E-state index in [1.165, 1.54) is 4.88 Å². The Morgan fingerprint density at radius 2 is 2.12 bits per heavy atom. The van der Waals surface area contributed by atoms with Gasteiger partial charge in [0.1, 0.15) is 0 Å².